The molecule has 0 radical (unpaired) electrons. The molecule has 0 aromatic heterocycles. The molecular formula is C28H27FN2O6. The maximum absolute atomic E-state index is 14.0. The number of allylic oxidation sites excluding steroid dienone is 1. The van der Waals surface area contributed by atoms with Gasteiger partial charge in [0.1, 0.15) is 29.5 Å². The van der Waals surface area contributed by atoms with Crippen LogP contribution in [0.2, 0.25) is 0 Å². The molecule has 192 valence electrons. The Labute approximate surface area is 213 Å². The highest BCUT2D eigenvalue weighted by atomic mass is 19.1. The molecular weight excluding hydrogens is 479 g/mol. The number of carbonyl (C=O) groups is 1. The van der Waals surface area contributed by atoms with Crippen LogP contribution in [0.1, 0.15) is 42.3 Å². The van der Waals surface area contributed by atoms with Crippen molar-refractivity contribution in [1.82, 2.24) is 0 Å². The molecule has 1 N–H and O–H groups in total. The number of nitrogens with zero attached hydrogens (tertiary/aromatic N) is 1. The zero-order valence-electron chi connectivity index (χ0n) is 21.2. The van der Waals surface area contributed by atoms with E-state index in [4.69, 9.17) is 14.2 Å². The van der Waals surface area contributed by atoms with Crippen molar-refractivity contribution < 1.29 is 28.3 Å². The molecule has 0 aliphatic carbocycles. The number of rotatable bonds is 7. The van der Waals surface area contributed by atoms with Crippen LogP contribution in [0, 0.1) is 15.9 Å². The van der Waals surface area contributed by atoms with Crippen molar-refractivity contribution in [3.63, 3.8) is 0 Å². The molecule has 8 nitrogen and oxygen atoms in total. The Morgan fingerprint density at radius 1 is 1.05 bits per heavy atom. The highest BCUT2D eigenvalue weighted by Crippen LogP contribution is 2.43. The van der Waals surface area contributed by atoms with E-state index >= 15 is 0 Å². The first-order valence-corrected chi connectivity index (χ1v) is 11.5. The minimum absolute atomic E-state index is 0.0152. The quantitative estimate of drug-likeness (QED) is 0.225. The normalized spacial score (nSPS) is 13.6. The van der Waals surface area contributed by atoms with E-state index in [2.05, 4.69) is 25.2 Å². The first-order chi connectivity index (χ1) is 17.5. The van der Waals surface area contributed by atoms with Gasteiger partial charge in [-0.05, 0) is 56.2 Å². The predicted octanol–water partition coefficient (Wildman–Crippen LogP) is 6.38. The van der Waals surface area contributed by atoms with Gasteiger partial charge in [-0.2, -0.15) is 0 Å². The smallest absolute Gasteiger partial charge is 0.341 e. The van der Waals surface area contributed by atoms with Gasteiger partial charge in [0, 0.05) is 34.5 Å². The lowest BCUT2D eigenvalue weighted by Crippen LogP contribution is -2.32. The number of ether oxygens (including phenoxy) is 3. The van der Waals surface area contributed by atoms with Gasteiger partial charge in [-0.1, -0.05) is 12.1 Å². The molecule has 1 heterocycles. The fourth-order valence-electron chi connectivity index (χ4n) is 4.66. The van der Waals surface area contributed by atoms with Gasteiger partial charge in [0.25, 0.3) is 5.69 Å². The second-order valence-corrected chi connectivity index (χ2v) is 9.25. The Balaban J connectivity index is 1.89. The number of fused-ring (bicyclic) bond motifs is 1. The molecule has 37 heavy (non-hydrogen) atoms. The van der Waals surface area contributed by atoms with Crippen molar-refractivity contribution in [1.29, 1.82) is 0 Å². The Morgan fingerprint density at radius 2 is 1.78 bits per heavy atom. The number of nitro benzene ring substituents is 1. The number of esters is 1. The number of non-ortho nitro benzene ring substituents is 1. The second kappa shape index (κ2) is 9.93. The maximum Gasteiger partial charge on any atom is 0.341 e. The second-order valence-electron chi connectivity index (χ2n) is 9.25. The van der Waals surface area contributed by atoms with Crippen molar-refractivity contribution in [3.8, 4) is 22.6 Å². The van der Waals surface area contributed by atoms with Gasteiger partial charge < -0.3 is 19.5 Å². The van der Waals surface area contributed by atoms with Gasteiger partial charge in [0.05, 0.1) is 30.7 Å². The molecule has 0 saturated carbocycles. The van der Waals surface area contributed by atoms with Crippen LogP contribution in [0.5, 0.6) is 11.5 Å². The Morgan fingerprint density at radius 3 is 2.46 bits per heavy atom. The number of halogens is 1. The van der Waals surface area contributed by atoms with E-state index in [-0.39, 0.29) is 29.1 Å². The molecule has 3 aromatic carbocycles. The summed E-state index contributed by atoms with van der Waals surface area (Å²) in [5.41, 5.74) is 4.42. The molecule has 0 unspecified atom stereocenters. The molecule has 0 bridgehead atoms. The topological polar surface area (TPSA) is 99.9 Å². The lowest BCUT2D eigenvalue weighted by atomic mass is 9.85. The predicted molar refractivity (Wildman–Crippen MR) is 139 cm³/mol. The summed E-state index contributed by atoms with van der Waals surface area (Å²) in [6.45, 7) is 6.05. The zero-order chi connectivity index (χ0) is 26.9. The van der Waals surface area contributed by atoms with Crippen molar-refractivity contribution in [3.05, 3.63) is 87.2 Å². The standard InChI is InChI=1S/C28H27FN2O6/c1-16-14-28(2,3)30-23-11-10-19(20-8-6-17(29)12-24(20)35-4)22(26(16)23)15-37-25-13-18(31(33)34)7-9-21(25)27(32)36-5/h6-14,30H,15H2,1-5H3. The van der Waals surface area contributed by atoms with E-state index in [1.54, 1.807) is 6.07 Å². The van der Waals surface area contributed by atoms with Gasteiger partial charge in [-0.3, -0.25) is 10.1 Å². The maximum atomic E-state index is 14.0. The van der Waals surface area contributed by atoms with Crippen LogP contribution < -0.4 is 14.8 Å². The van der Waals surface area contributed by atoms with Crippen LogP contribution in [0.15, 0.2) is 54.6 Å². The molecule has 0 fully saturated rings. The highest BCUT2D eigenvalue weighted by Gasteiger charge is 2.27. The summed E-state index contributed by atoms with van der Waals surface area (Å²) in [6.07, 6.45) is 2.09. The van der Waals surface area contributed by atoms with Crippen LogP contribution in [-0.4, -0.2) is 30.7 Å². The van der Waals surface area contributed by atoms with E-state index in [0.717, 1.165) is 28.0 Å². The number of nitro groups is 1. The number of carbonyl (C=O) groups excluding carboxylic acids is 1. The molecule has 3 aromatic rings. The van der Waals surface area contributed by atoms with Crippen molar-refractivity contribution in [2.75, 3.05) is 19.5 Å². The van der Waals surface area contributed by atoms with E-state index in [1.807, 2.05) is 19.1 Å². The number of benzene rings is 3. The highest BCUT2D eigenvalue weighted by molar-refractivity contribution is 5.93. The summed E-state index contributed by atoms with van der Waals surface area (Å²) in [4.78, 5) is 23.2. The molecule has 0 amide bonds. The number of nitrogens with one attached hydrogen (secondary N) is 1. The third-order valence-electron chi connectivity index (χ3n) is 6.15. The van der Waals surface area contributed by atoms with Gasteiger partial charge in [-0.25, -0.2) is 9.18 Å². The Bertz CT molecular complexity index is 1430. The minimum Gasteiger partial charge on any atom is -0.496 e. The van der Waals surface area contributed by atoms with Crippen molar-refractivity contribution in [2.24, 2.45) is 0 Å². The lowest BCUT2D eigenvalue weighted by molar-refractivity contribution is -0.384. The molecule has 1 aliphatic heterocycles. The van der Waals surface area contributed by atoms with Gasteiger partial charge >= 0.3 is 5.97 Å². The third kappa shape index (κ3) is 5.11. The fourth-order valence-corrected chi connectivity index (χ4v) is 4.66. The minimum atomic E-state index is -0.681. The van der Waals surface area contributed by atoms with Crippen LogP contribution in [0.25, 0.3) is 16.7 Å². The van der Waals surface area contributed by atoms with E-state index in [1.165, 1.54) is 44.6 Å². The molecule has 4 rings (SSSR count). The Hall–Kier alpha value is -4.40. The average Bonchev–Trinajstić information content (AvgIpc) is 2.85. The first kappa shape index (κ1) is 25.7. The molecule has 9 heteroatoms. The van der Waals surface area contributed by atoms with Gasteiger partial charge in [0.15, 0.2) is 0 Å². The monoisotopic (exact) mass is 506 g/mol. The fraction of sp³-hybridized carbons (Fsp3) is 0.250. The summed E-state index contributed by atoms with van der Waals surface area (Å²) in [5.74, 6) is -0.756. The average molecular weight is 507 g/mol. The van der Waals surface area contributed by atoms with E-state index in [0.29, 0.717) is 11.3 Å². The van der Waals surface area contributed by atoms with Crippen molar-refractivity contribution in [2.45, 2.75) is 32.9 Å². The first-order valence-electron chi connectivity index (χ1n) is 11.5. The van der Waals surface area contributed by atoms with Crippen LogP contribution in [0.4, 0.5) is 15.8 Å². The molecule has 0 saturated heterocycles. The summed E-state index contributed by atoms with van der Waals surface area (Å²) in [5, 5.41) is 14.9. The van der Waals surface area contributed by atoms with Gasteiger partial charge in [-0.15, -0.1) is 0 Å². The summed E-state index contributed by atoms with van der Waals surface area (Å²) in [6, 6.07) is 11.8. The number of methoxy groups -OCH3 is 2. The van der Waals surface area contributed by atoms with E-state index < -0.39 is 16.7 Å². The van der Waals surface area contributed by atoms with Crippen molar-refractivity contribution >= 4 is 22.9 Å². The molecule has 0 spiro atoms. The van der Waals surface area contributed by atoms with E-state index in [9.17, 15) is 19.3 Å². The number of hydrogen-bond acceptors (Lipinski definition) is 7. The summed E-state index contributed by atoms with van der Waals surface area (Å²) < 4.78 is 30.4. The zero-order valence-corrected chi connectivity index (χ0v) is 21.2. The van der Waals surface area contributed by atoms with Crippen LogP contribution in [-0.2, 0) is 11.3 Å². The van der Waals surface area contributed by atoms with Crippen LogP contribution >= 0.6 is 0 Å². The van der Waals surface area contributed by atoms with Gasteiger partial charge in [0.2, 0.25) is 0 Å². The SMILES string of the molecule is COC(=O)c1ccc([N+](=O)[O-])cc1OCc1c(-c2ccc(F)cc2OC)ccc2c1C(C)=CC(C)(C)N2. The summed E-state index contributed by atoms with van der Waals surface area (Å²) in [7, 11) is 2.69. The summed E-state index contributed by atoms with van der Waals surface area (Å²) >= 11 is 0. The third-order valence-corrected chi connectivity index (χ3v) is 6.15. The Kier molecular flexibility index (Phi) is 6.89. The molecule has 1 aliphatic rings. The van der Waals surface area contributed by atoms with Crippen LogP contribution in [0.3, 0.4) is 0 Å². The number of anilines is 1. The molecule has 0 atom stereocenters. The number of hydrogen-bond donors (Lipinski definition) is 1. The lowest BCUT2D eigenvalue weighted by Gasteiger charge is -2.33. The largest absolute Gasteiger partial charge is 0.496 e.